The lowest BCUT2D eigenvalue weighted by Gasteiger charge is -2.24. The van der Waals surface area contributed by atoms with Gasteiger partial charge in [0.05, 0.1) is 18.2 Å². The van der Waals surface area contributed by atoms with Crippen LogP contribution < -0.4 is 5.32 Å². The molecule has 3 amide bonds. The maximum Gasteiger partial charge on any atom is 0.419 e. The van der Waals surface area contributed by atoms with E-state index in [-0.39, 0.29) is 31.7 Å². The Balaban J connectivity index is 1.37. The fourth-order valence-electron chi connectivity index (χ4n) is 4.80. The first-order valence-electron chi connectivity index (χ1n) is 12.8. The van der Waals surface area contributed by atoms with Gasteiger partial charge in [-0.05, 0) is 46.7 Å². The SMILES string of the molecule is O=C(NCc1cncc2ccccc12)N1C(=O)O[C@H](c2cc(F)cc(C(F)(F)F)c2)[C@@H]1CCOCc1ccccc1. The van der Waals surface area contributed by atoms with Crippen molar-refractivity contribution in [2.24, 2.45) is 0 Å². The van der Waals surface area contributed by atoms with Gasteiger partial charge in [0, 0.05) is 30.9 Å². The van der Waals surface area contributed by atoms with Crippen LogP contribution >= 0.6 is 0 Å². The van der Waals surface area contributed by atoms with E-state index in [4.69, 9.17) is 9.47 Å². The summed E-state index contributed by atoms with van der Waals surface area (Å²) in [4.78, 5) is 31.2. The van der Waals surface area contributed by atoms with E-state index < -0.39 is 41.8 Å². The number of fused-ring (bicyclic) bond motifs is 1. The highest BCUT2D eigenvalue weighted by Gasteiger charge is 2.46. The summed E-state index contributed by atoms with van der Waals surface area (Å²) in [5.74, 6) is -1.14. The molecule has 0 unspecified atom stereocenters. The molecule has 41 heavy (non-hydrogen) atoms. The molecule has 2 atom stereocenters. The van der Waals surface area contributed by atoms with E-state index in [1.807, 2.05) is 54.6 Å². The van der Waals surface area contributed by atoms with Crippen LogP contribution in [0.15, 0.2) is 85.2 Å². The minimum absolute atomic E-state index is 0.0248. The number of hydrogen-bond donors (Lipinski definition) is 1. The maximum atomic E-state index is 14.3. The van der Waals surface area contributed by atoms with Crippen LogP contribution in [0.1, 0.15) is 34.8 Å². The van der Waals surface area contributed by atoms with Crippen LogP contribution in [0.5, 0.6) is 0 Å². The quantitative estimate of drug-likeness (QED) is 0.188. The van der Waals surface area contributed by atoms with Gasteiger partial charge in [-0.25, -0.2) is 18.9 Å². The second-order valence-corrected chi connectivity index (χ2v) is 9.52. The molecule has 2 heterocycles. The molecular formula is C30H25F4N3O4. The number of benzene rings is 3. The topological polar surface area (TPSA) is 80.8 Å². The van der Waals surface area contributed by atoms with E-state index in [0.29, 0.717) is 11.6 Å². The second kappa shape index (κ2) is 11.9. The first-order valence-corrected chi connectivity index (χ1v) is 12.8. The Bertz CT molecular complexity index is 1540. The predicted octanol–water partition coefficient (Wildman–Crippen LogP) is 6.77. The Morgan fingerprint density at radius 1 is 1.02 bits per heavy atom. The third kappa shape index (κ3) is 6.46. The van der Waals surface area contributed by atoms with Crippen molar-refractivity contribution in [3.8, 4) is 0 Å². The molecule has 1 saturated heterocycles. The number of carbonyl (C=O) groups is 2. The van der Waals surface area contributed by atoms with Crippen LogP contribution in [0.4, 0.5) is 27.2 Å². The molecule has 1 fully saturated rings. The van der Waals surface area contributed by atoms with Crippen molar-refractivity contribution in [3.05, 3.63) is 113 Å². The summed E-state index contributed by atoms with van der Waals surface area (Å²) in [5.41, 5.74) is 0.144. The fraction of sp³-hybridized carbons (Fsp3) is 0.233. The largest absolute Gasteiger partial charge is 0.439 e. The van der Waals surface area contributed by atoms with Gasteiger partial charge in [0.2, 0.25) is 0 Å². The van der Waals surface area contributed by atoms with Gasteiger partial charge < -0.3 is 14.8 Å². The molecule has 3 aromatic carbocycles. The van der Waals surface area contributed by atoms with Gasteiger partial charge in [0.15, 0.2) is 0 Å². The van der Waals surface area contributed by atoms with E-state index in [9.17, 15) is 27.2 Å². The summed E-state index contributed by atoms with van der Waals surface area (Å²) in [6.45, 7) is 0.313. The van der Waals surface area contributed by atoms with Gasteiger partial charge in [-0.3, -0.25) is 4.98 Å². The number of nitrogens with zero attached hydrogens (tertiary/aromatic N) is 2. The number of urea groups is 1. The van der Waals surface area contributed by atoms with E-state index in [2.05, 4.69) is 10.3 Å². The summed E-state index contributed by atoms with van der Waals surface area (Å²) in [7, 11) is 0. The average molecular weight is 568 g/mol. The van der Waals surface area contributed by atoms with Crippen LogP contribution in [0.2, 0.25) is 0 Å². The molecule has 1 N–H and O–H groups in total. The molecule has 212 valence electrons. The second-order valence-electron chi connectivity index (χ2n) is 9.52. The Hall–Kier alpha value is -4.51. The molecule has 0 aliphatic carbocycles. The third-order valence-corrected chi connectivity index (χ3v) is 6.75. The summed E-state index contributed by atoms with van der Waals surface area (Å²) >= 11 is 0. The van der Waals surface area contributed by atoms with Crippen molar-refractivity contribution < 1.29 is 36.6 Å². The minimum Gasteiger partial charge on any atom is -0.439 e. The lowest BCUT2D eigenvalue weighted by atomic mass is 9.97. The smallest absolute Gasteiger partial charge is 0.419 e. The van der Waals surface area contributed by atoms with E-state index >= 15 is 0 Å². The van der Waals surface area contributed by atoms with Crippen molar-refractivity contribution in [2.45, 2.75) is 37.9 Å². The Kier molecular flexibility index (Phi) is 8.16. The van der Waals surface area contributed by atoms with Crippen molar-refractivity contribution in [2.75, 3.05) is 6.61 Å². The molecule has 0 bridgehead atoms. The molecule has 1 aliphatic heterocycles. The molecule has 11 heteroatoms. The Morgan fingerprint density at radius 2 is 1.78 bits per heavy atom. The highest BCUT2D eigenvalue weighted by atomic mass is 19.4. The number of alkyl halides is 3. The molecular weight excluding hydrogens is 542 g/mol. The van der Waals surface area contributed by atoms with Crippen molar-refractivity contribution in [3.63, 3.8) is 0 Å². The Labute approximate surface area is 232 Å². The van der Waals surface area contributed by atoms with Gasteiger partial charge in [-0.1, -0.05) is 54.6 Å². The standard InChI is InChI=1S/C30H25F4N3O4/c31-24-13-21(12-23(14-24)30(32,33)34)27-26(10-11-40-18-19-6-2-1-3-7-19)37(29(39)41-27)28(38)36-17-22-16-35-15-20-8-4-5-9-25(20)22/h1-9,12-16,26-27H,10-11,17-18H2,(H,36,38)/t26-,27+/m0/s1. The molecule has 1 aromatic heterocycles. The molecule has 0 saturated carbocycles. The first kappa shape index (κ1) is 28.0. The van der Waals surface area contributed by atoms with Crippen molar-refractivity contribution in [1.82, 2.24) is 15.2 Å². The number of carbonyl (C=O) groups excluding carboxylic acids is 2. The maximum absolute atomic E-state index is 14.3. The molecule has 0 radical (unpaired) electrons. The molecule has 7 nitrogen and oxygen atoms in total. The number of halogens is 4. The third-order valence-electron chi connectivity index (χ3n) is 6.75. The number of imide groups is 1. The number of pyridine rings is 1. The first-order chi connectivity index (χ1) is 19.7. The zero-order valence-electron chi connectivity index (χ0n) is 21.6. The van der Waals surface area contributed by atoms with Gasteiger partial charge in [0.1, 0.15) is 11.9 Å². The number of amides is 3. The Morgan fingerprint density at radius 3 is 2.56 bits per heavy atom. The molecule has 5 rings (SSSR count). The zero-order valence-corrected chi connectivity index (χ0v) is 21.6. The van der Waals surface area contributed by atoms with Crippen LogP contribution in [-0.4, -0.2) is 34.7 Å². The summed E-state index contributed by atoms with van der Waals surface area (Å²) in [6, 6.07) is 16.8. The lowest BCUT2D eigenvalue weighted by molar-refractivity contribution is -0.137. The number of aromatic nitrogens is 1. The van der Waals surface area contributed by atoms with Crippen LogP contribution in [0.3, 0.4) is 0 Å². The summed E-state index contributed by atoms with van der Waals surface area (Å²) in [6.07, 6.45) is -3.92. The van der Waals surface area contributed by atoms with Crippen molar-refractivity contribution >= 4 is 22.9 Å². The normalized spacial score (nSPS) is 17.1. The number of rotatable bonds is 8. The number of nitrogens with one attached hydrogen (secondary N) is 1. The van der Waals surface area contributed by atoms with Gasteiger partial charge in [-0.15, -0.1) is 0 Å². The van der Waals surface area contributed by atoms with Gasteiger partial charge >= 0.3 is 18.3 Å². The lowest BCUT2D eigenvalue weighted by Crippen LogP contribution is -2.45. The van der Waals surface area contributed by atoms with E-state index in [1.165, 1.54) is 0 Å². The highest BCUT2D eigenvalue weighted by Crippen LogP contribution is 2.38. The van der Waals surface area contributed by atoms with Gasteiger partial charge in [-0.2, -0.15) is 13.2 Å². The van der Waals surface area contributed by atoms with Crippen LogP contribution in [0, 0.1) is 5.82 Å². The van der Waals surface area contributed by atoms with E-state index in [0.717, 1.165) is 33.4 Å². The number of ether oxygens (including phenoxy) is 2. The number of cyclic esters (lactones) is 1. The zero-order chi connectivity index (χ0) is 29.0. The molecule has 4 aromatic rings. The molecule has 1 aliphatic rings. The highest BCUT2D eigenvalue weighted by molar-refractivity contribution is 5.93. The molecule has 0 spiro atoms. The predicted molar refractivity (Wildman–Crippen MR) is 141 cm³/mol. The van der Waals surface area contributed by atoms with Gasteiger partial charge in [0.25, 0.3) is 0 Å². The van der Waals surface area contributed by atoms with Crippen molar-refractivity contribution in [1.29, 1.82) is 0 Å². The summed E-state index contributed by atoms with van der Waals surface area (Å²) < 4.78 is 65.6. The van der Waals surface area contributed by atoms with Crippen LogP contribution in [0.25, 0.3) is 10.8 Å². The number of hydrogen-bond acceptors (Lipinski definition) is 5. The fourth-order valence-corrected chi connectivity index (χ4v) is 4.80. The minimum atomic E-state index is -4.82. The van der Waals surface area contributed by atoms with Crippen LogP contribution in [-0.2, 0) is 28.8 Å². The van der Waals surface area contributed by atoms with E-state index in [1.54, 1.807) is 12.4 Å². The summed E-state index contributed by atoms with van der Waals surface area (Å²) in [5, 5.41) is 4.40. The monoisotopic (exact) mass is 567 g/mol. The average Bonchev–Trinajstić information content (AvgIpc) is 3.29.